The van der Waals surface area contributed by atoms with Crippen LogP contribution in [-0.4, -0.2) is 65.8 Å². The fourth-order valence-electron chi connectivity index (χ4n) is 2.28. The number of carbonyl (C=O) groups excluding carboxylic acids is 3. The topological polar surface area (TPSA) is 110 Å². The highest BCUT2D eigenvalue weighted by molar-refractivity contribution is 5.92. The minimum Gasteiger partial charge on any atom is -0.452 e. The number of ether oxygens (including phenoxy) is 1. The molecule has 1 rings (SSSR count). The molecule has 0 unspecified atom stereocenters. The van der Waals surface area contributed by atoms with E-state index in [4.69, 9.17) is 4.74 Å². The second-order valence-electron chi connectivity index (χ2n) is 5.65. The molecule has 0 spiro atoms. The first kappa shape index (κ1) is 21.1. The first-order chi connectivity index (χ1) is 12.2. The Labute approximate surface area is 151 Å². The maximum atomic E-state index is 12.0. The molecule has 0 aliphatic carbocycles. The van der Waals surface area contributed by atoms with Crippen molar-refractivity contribution >= 4 is 23.5 Å². The van der Waals surface area contributed by atoms with Crippen molar-refractivity contribution in [3.05, 3.63) is 39.4 Å². The van der Waals surface area contributed by atoms with Crippen LogP contribution in [0.4, 0.5) is 5.69 Å². The molecule has 0 heterocycles. The van der Waals surface area contributed by atoms with Crippen molar-refractivity contribution in [1.29, 1.82) is 0 Å². The van der Waals surface area contributed by atoms with Gasteiger partial charge in [-0.25, -0.2) is 4.79 Å². The molecule has 0 bridgehead atoms. The highest BCUT2D eigenvalue weighted by Gasteiger charge is 2.19. The average Bonchev–Trinajstić information content (AvgIpc) is 2.59. The van der Waals surface area contributed by atoms with Crippen LogP contribution in [0.15, 0.2) is 18.2 Å². The molecule has 9 heteroatoms. The van der Waals surface area contributed by atoms with Gasteiger partial charge < -0.3 is 14.5 Å². The molecule has 0 aliphatic heterocycles. The Hall–Kier alpha value is -2.97. The van der Waals surface area contributed by atoms with Crippen LogP contribution in [0.1, 0.15) is 29.8 Å². The van der Waals surface area contributed by atoms with Gasteiger partial charge in [0.1, 0.15) is 0 Å². The van der Waals surface area contributed by atoms with Crippen LogP contribution >= 0.6 is 0 Å². The molecule has 26 heavy (non-hydrogen) atoms. The molecule has 0 atom stereocenters. The maximum absolute atomic E-state index is 12.0. The Morgan fingerprint density at radius 1 is 1.15 bits per heavy atom. The Kier molecular flexibility index (Phi) is 7.70. The van der Waals surface area contributed by atoms with Crippen LogP contribution in [0.2, 0.25) is 0 Å². The first-order valence-electron chi connectivity index (χ1n) is 8.15. The van der Waals surface area contributed by atoms with Gasteiger partial charge in [-0.2, -0.15) is 0 Å². The number of nitrogens with zero attached hydrogens (tertiary/aromatic N) is 3. The predicted molar refractivity (Wildman–Crippen MR) is 93.7 cm³/mol. The highest BCUT2D eigenvalue weighted by Crippen LogP contribution is 2.19. The molecule has 142 valence electrons. The Bertz CT molecular complexity index is 700. The molecular formula is C17H23N3O6. The number of hydrogen-bond donors (Lipinski definition) is 0. The number of nitro groups is 1. The lowest BCUT2D eigenvalue weighted by Gasteiger charge is -2.23. The molecule has 0 saturated heterocycles. The van der Waals surface area contributed by atoms with Crippen LogP contribution in [-0.2, 0) is 14.3 Å². The fourth-order valence-corrected chi connectivity index (χ4v) is 2.28. The predicted octanol–water partition coefficient (Wildman–Crippen LogP) is 1.39. The SMILES string of the molecule is CCN(CC)C(=O)CN(C)C(=O)COC(=O)c1ccc([N+](=O)[O-])c(C)c1. The summed E-state index contributed by atoms with van der Waals surface area (Å²) >= 11 is 0. The maximum Gasteiger partial charge on any atom is 0.338 e. The molecule has 2 amide bonds. The summed E-state index contributed by atoms with van der Waals surface area (Å²) < 4.78 is 4.94. The summed E-state index contributed by atoms with van der Waals surface area (Å²) in [4.78, 5) is 49.0. The van der Waals surface area contributed by atoms with Crippen molar-refractivity contribution in [2.45, 2.75) is 20.8 Å². The normalized spacial score (nSPS) is 10.2. The quantitative estimate of drug-likeness (QED) is 0.391. The summed E-state index contributed by atoms with van der Waals surface area (Å²) in [5.41, 5.74) is 0.327. The minimum absolute atomic E-state index is 0.102. The van der Waals surface area contributed by atoms with E-state index in [1.165, 1.54) is 37.1 Å². The standard InChI is InChI=1S/C17H23N3O6/c1-5-19(6-2)15(21)10-18(4)16(22)11-26-17(23)13-7-8-14(20(24)25)12(3)9-13/h7-9H,5-6,10-11H2,1-4H3. The summed E-state index contributed by atoms with van der Waals surface area (Å²) in [6, 6.07) is 3.81. The molecule has 0 aliphatic rings. The van der Waals surface area contributed by atoms with Crippen LogP contribution in [0.3, 0.4) is 0 Å². The van der Waals surface area contributed by atoms with E-state index >= 15 is 0 Å². The number of aryl methyl sites for hydroxylation is 1. The number of carbonyl (C=O) groups is 3. The van der Waals surface area contributed by atoms with Crippen molar-refractivity contribution in [3.63, 3.8) is 0 Å². The Morgan fingerprint density at radius 2 is 1.77 bits per heavy atom. The van der Waals surface area contributed by atoms with Crippen molar-refractivity contribution in [1.82, 2.24) is 9.80 Å². The molecule has 0 aromatic heterocycles. The molecule has 9 nitrogen and oxygen atoms in total. The van der Waals surface area contributed by atoms with Gasteiger partial charge in [0.25, 0.3) is 11.6 Å². The zero-order valence-electron chi connectivity index (χ0n) is 15.4. The number of likely N-dealkylation sites (N-methyl/N-ethyl adjacent to an activating group) is 2. The third-order valence-corrected chi connectivity index (χ3v) is 3.87. The fraction of sp³-hybridized carbons (Fsp3) is 0.471. The molecule has 1 aromatic carbocycles. The summed E-state index contributed by atoms with van der Waals surface area (Å²) in [5, 5.41) is 10.8. The molecule has 1 aromatic rings. The zero-order valence-corrected chi connectivity index (χ0v) is 15.4. The summed E-state index contributed by atoms with van der Waals surface area (Å²) in [6.07, 6.45) is 0. The van der Waals surface area contributed by atoms with Crippen LogP contribution in [0.25, 0.3) is 0 Å². The number of rotatable bonds is 8. The molecule has 0 N–H and O–H groups in total. The third kappa shape index (κ3) is 5.54. The molecule has 0 saturated carbocycles. The summed E-state index contributed by atoms with van der Waals surface area (Å²) in [7, 11) is 1.45. The van der Waals surface area contributed by atoms with E-state index in [0.29, 0.717) is 18.7 Å². The van der Waals surface area contributed by atoms with Gasteiger partial charge in [0.15, 0.2) is 6.61 Å². The van der Waals surface area contributed by atoms with E-state index in [0.717, 1.165) is 0 Å². The van der Waals surface area contributed by atoms with Crippen molar-refractivity contribution in [2.24, 2.45) is 0 Å². The number of nitro benzene ring substituents is 1. The van der Waals surface area contributed by atoms with Crippen molar-refractivity contribution < 1.29 is 24.0 Å². The number of benzene rings is 1. The Balaban J connectivity index is 2.61. The number of esters is 1. The number of hydrogen-bond acceptors (Lipinski definition) is 6. The summed E-state index contributed by atoms with van der Waals surface area (Å²) in [6.45, 7) is 5.67. The van der Waals surface area contributed by atoms with Gasteiger partial charge in [0.2, 0.25) is 5.91 Å². The van der Waals surface area contributed by atoms with Gasteiger partial charge in [-0.15, -0.1) is 0 Å². The van der Waals surface area contributed by atoms with Gasteiger partial charge in [-0.1, -0.05) is 0 Å². The van der Waals surface area contributed by atoms with Crippen LogP contribution < -0.4 is 0 Å². The smallest absolute Gasteiger partial charge is 0.338 e. The van der Waals surface area contributed by atoms with E-state index in [1.807, 2.05) is 13.8 Å². The Morgan fingerprint density at radius 3 is 2.27 bits per heavy atom. The van der Waals surface area contributed by atoms with E-state index in [9.17, 15) is 24.5 Å². The lowest BCUT2D eigenvalue weighted by Crippen LogP contribution is -2.42. The van der Waals surface area contributed by atoms with Gasteiger partial charge >= 0.3 is 5.97 Å². The molecule has 0 fully saturated rings. The van der Waals surface area contributed by atoms with E-state index in [2.05, 4.69) is 0 Å². The zero-order chi connectivity index (χ0) is 19.9. The minimum atomic E-state index is -0.764. The van der Waals surface area contributed by atoms with Crippen LogP contribution in [0, 0.1) is 17.0 Å². The largest absolute Gasteiger partial charge is 0.452 e. The lowest BCUT2D eigenvalue weighted by atomic mass is 10.1. The highest BCUT2D eigenvalue weighted by atomic mass is 16.6. The average molecular weight is 365 g/mol. The van der Waals surface area contributed by atoms with E-state index in [1.54, 1.807) is 4.90 Å². The number of amides is 2. The van der Waals surface area contributed by atoms with Crippen molar-refractivity contribution in [3.8, 4) is 0 Å². The molecular weight excluding hydrogens is 342 g/mol. The van der Waals surface area contributed by atoms with Crippen LogP contribution in [0.5, 0.6) is 0 Å². The van der Waals surface area contributed by atoms with Gasteiger partial charge in [-0.05, 0) is 32.9 Å². The van der Waals surface area contributed by atoms with Gasteiger partial charge in [0.05, 0.1) is 17.0 Å². The monoisotopic (exact) mass is 365 g/mol. The second-order valence-corrected chi connectivity index (χ2v) is 5.65. The third-order valence-electron chi connectivity index (χ3n) is 3.87. The lowest BCUT2D eigenvalue weighted by molar-refractivity contribution is -0.385. The van der Waals surface area contributed by atoms with Gasteiger partial charge in [-0.3, -0.25) is 19.7 Å². The first-order valence-corrected chi connectivity index (χ1v) is 8.15. The van der Waals surface area contributed by atoms with E-state index < -0.39 is 23.4 Å². The second kappa shape index (κ2) is 9.50. The van der Waals surface area contributed by atoms with Gasteiger partial charge in [0, 0.05) is 31.8 Å². The van der Waals surface area contributed by atoms with E-state index in [-0.39, 0.29) is 23.7 Å². The molecule has 0 radical (unpaired) electrons. The van der Waals surface area contributed by atoms with Crippen molar-refractivity contribution in [2.75, 3.05) is 33.3 Å². The summed E-state index contributed by atoms with van der Waals surface area (Å²) in [5.74, 6) is -1.47.